The average molecular weight is 479 g/mol. The Labute approximate surface area is 237 Å². The van der Waals surface area contributed by atoms with Gasteiger partial charge in [-0.15, -0.1) is 0 Å². The standard InChI is InChI=1S/C10H16N2O8.Cd.2K/c13-7(14)3-11(4-8(15)16)1-2-12(5-9(17)18)6-10(19)20;;;/h1-6H2,(H,13,14)(H,15,16)(H,17,18)(H,19,20);;;/q;+2;2*+1/p-4. The molecule has 0 atom stereocenters. The Morgan fingerprint density at radius 3 is 0.870 bits per heavy atom. The molecule has 0 aromatic carbocycles. The SMILES string of the molecule is O=C([O-])CN(CCN(CC(=O)[O-])CC(=O)[O-])CC(=O)[O-].[Cd+2].[K+].[K+]. The number of aliphatic carboxylic acids is 4. The van der Waals surface area contributed by atoms with E-state index in [0.29, 0.717) is 0 Å². The first kappa shape index (κ1) is 32.6. The van der Waals surface area contributed by atoms with Crippen LogP contribution in [-0.2, 0) is 46.5 Å². The first-order valence-corrected chi connectivity index (χ1v) is 5.44. The van der Waals surface area contributed by atoms with Crippen molar-refractivity contribution >= 4 is 23.9 Å². The first-order valence-electron chi connectivity index (χ1n) is 5.44. The maximum absolute atomic E-state index is 10.4. The van der Waals surface area contributed by atoms with E-state index in [2.05, 4.69) is 0 Å². The maximum Gasteiger partial charge on any atom is 2.00 e. The number of nitrogens with zero attached hydrogens (tertiary/aromatic N) is 2. The first-order chi connectivity index (χ1) is 9.20. The summed E-state index contributed by atoms with van der Waals surface area (Å²) in [6, 6.07) is 0. The summed E-state index contributed by atoms with van der Waals surface area (Å²) in [5, 5.41) is 41.6. The van der Waals surface area contributed by atoms with Crippen LogP contribution in [0, 0.1) is 0 Å². The molecule has 0 saturated carbocycles. The van der Waals surface area contributed by atoms with E-state index in [1.165, 1.54) is 0 Å². The number of hydrogen-bond acceptors (Lipinski definition) is 10. The fraction of sp³-hybridized carbons (Fsp3) is 0.600. The second-order valence-corrected chi connectivity index (χ2v) is 3.91. The zero-order valence-electron chi connectivity index (χ0n) is 13.1. The number of carboxylic acids is 4. The molecule has 0 aliphatic rings. The molecule has 10 nitrogen and oxygen atoms in total. The Balaban J connectivity index is -0.000000602. The molecule has 23 heavy (non-hydrogen) atoms. The Morgan fingerprint density at radius 1 is 0.565 bits per heavy atom. The van der Waals surface area contributed by atoms with Crippen molar-refractivity contribution < 1.29 is 170 Å². The zero-order chi connectivity index (χ0) is 15.7. The van der Waals surface area contributed by atoms with Gasteiger partial charge in [0.1, 0.15) is 0 Å². The number of hydrogen-bond donors (Lipinski definition) is 0. The predicted octanol–water partition coefficient (Wildman–Crippen LogP) is -13.4. The van der Waals surface area contributed by atoms with Crippen molar-refractivity contribution in [3.05, 3.63) is 0 Å². The predicted molar refractivity (Wildman–Crippen MR) is 52.9 cm³/mol. The fourth-order valence-corrected chi connectivity index (χ4v) is 1.44. The third kappa shape index (κ3) is 22.0. The molecule has 0 aliphatic heterocycles. The summed E-state index contributed by atoms with van der Waals surface area (Å²) in [5.41, 5.74) is 0. The van der Waals surface area contributed by atoms with Gasteiger partial charge in [0.05, 0.1) is 23.9 Å². The van der Waals surface area contributed by atoms with Gasteiger partial charge in [-0.05, 0) is 0 Å². The monoisotopic (exact) mass is 480 g/mol. The molecule has 0 heterocycles. The van der Waals surface area contributed by atoms with Gasteiger partial charge >= 0.3 is 130 Å². The third-order valence-electron chi connectivity index (χ3n) is 2.14. The molecular formula is C10H12CdK2N2O8. The third-order valence-corrected chi connectivity index (χ3v) is 2.14. The normalized spacial score (nSPS) is 9.30. The van der Waals surface area contributed by atoms with E-state index >= 15 is 0 Å². The van der Waals surface area contributed by atoms with Gasteiger partial charge in [0.15, 0.2) is 0 Å². The van der Waals surface area contributed by atoms with Crippen LogP contribution in [0.15, 0.2) is 0 Å². The minimum absolute atomic E-state index is 0. The van der Waals surface area contributed by atoms with Gasteiger partial charge in [-0.25, -0.2) is 0 Å². The maximum atomic E-state index is 10.4. The van der Waals surface area contributed by atoms with Crippen molar-refractivity contribution in [3.63, 3.8) is 0 Å². The van der Waals surface area contributed by atoms with Crippen molar-refractivity contribution in [1.82, 2.24) is 9.80 Å². The summed E-state index contributed by atoms with van der Waals surface area (Å²) in [5.74, 6) is -6.12. The van der Waals surface area contributed by atoms with E-state index < -0.39 is 50.1 Å². The molecule has 13 heteroatoms. The van der Waals surface area contributed by atoms with Crippen LogP contribution in [-0.4, -0.2) is 72.9 Å². The van der Waals surface area contributed by atoms with E-state index in [0.717, 1.165) is 9.80 Å². The second-order valence-electron chi connectivity index (χ2n) is 3.91. The van der Waals surface area contributed by atoms with Crippen LogP contribution in [0.5, 0.6) is 0 Å². The summed E-state index contributed by atoms with van der Waals surface area (Å²) in [6.45, 7) is -3.25. The van der Waals surface area contributed by atoms with Crippen LogP contribution < -0.4 is 123 Å². The molecule has 0 aromatic rings. The van der Waals surface area contributed by atoms with Gasteiger partial charge in [-0.2, -0.15) is 0 Å². The molecule has 0 saturated heterocycles. The summed E-state index contributed by atoms with van der Waals surface area (Å²) in [4.78, 5) is 43.4. The number of carbonyl (C=O) groups is 4. The van der Waals surface area contributed by atoms with Crippen LogP contribution in [0.1, 0.15) is 0 Å². The van der Waals surface area contributed by atoms with Crippen LogP contribution in [0.2, 0.25) is 0 Å². The van der Waals surface area contributed by atoms with Crippen molar-refractivity contribution in [2.24, 2.45) is 0 Å². The van der Waals surface area contributed by atoms with Crippen molar-refractivity contribution in [2.45, 2.75) is 0 Å². The molecular weight excluding hydrogens is 467 g/mol. The van der Waals surface area contributed by atoms with Crippen molar-refractivity contribution in [3.8, 4) is 0 Å². The second kappa shape index (κ2) is 18.8. The smallest absolute Gasteiger partial charge is 0.549 e. The van der Waals surface area contributed by atoms with Crippen LogP contribution in [0.3, 0.4) is 0 Å². The van der Waals surface area contributed by atoms with Crippen LogP contribution in [0.4, 0.5) is 0 Å². The molecule has 0 amide bonds. The van der Waals surface area contributed by atoms with E-state index in [1.807, 2.05) is 0 Å². The molecule has 0 spiro atoms. The average Bonchev–Trinajstić information content (AvgIpc) is 2.22. The summed E-state index contributed by atoms with van der Waals surface area (Å²) in [6.07, 6.45) is 0. The fourth-order valence-electron chi connectivity index (χ4n) is 1.44. The van der Waals surface area contributed by atoms with E-state index in [4.69, 9.17) is 0 Å². The Morgan fingerprint density at radius 2 is 0.739 bits per heavy atom. The molecule has 0 radical (unpaired) electrons. The molecule has 0 N–H and O–H groups in total. The molecule has 0 bridgehead atoms. The number of carboxylic acid groups (broad SMARTS) is 4. The molecule has 0 aliphatic carbocycles. The minimum Gasteiger partial charge on any atom is -0.549 e. The molecule has 0 rings (SSSR count). The number of carbonyl (C=O) groups excluding carboxylic acids is 4. The van der Waals surface area contributed by atoms with Gasteiger partial charge in [0, 0.05) is 39.3 Å². The summed E-state index contributed by atoms with van der Waals surface area (Å²) < 4.78 is 0. The molecule has 0 aromatic heterocycles. The Hall–Kier alpha value is 1.99. The van der Waals surface area contributed by atoms with E-state index in [-0.39, 0.29) is 143 Å². The molecule has 114 valence electrons. The Kier molecular flexibility index (Phi) is 26.7. The van der Waals surface area contributed by atoms with Gasteiger partial charge < -0.3 is 39.6 Å². The van der Waals surface area contributed by atoms with Crippen LogP contribution >= 0.6 is 0 Å². The Bertz CT molecular complexity index is 331. The van der Waals surface area contributed by atoms with Gasteiger partial charge in [0.2, 0.25) is 0 Å². The molecule has 0 fully saturated rings. The topological polar surface area (TPSA) is 167 Å². The molecule has 0 unspecified atom stereocenters. The van der Waals surface area contributed by atoms with Gasteiger partial charge in [-0.3, -0.25) is 9.80 Å². The van der Waals surface area contributed by atoms with Crippen molar-refractivity contribution in [1.29, 1.82) is 0 Å². The number of rotatable bonds is 11. The van der Waals surface area contributed by atoms with Crippen LogP contribution in [0.25, 0.3) is 0 Å². The summed E-state index contributed by atoms with van der Waals surface area (Å²) >= 11 is 0. The van der Waals surface area contributed by atoms with E-state index in [1.54, 1.807) is 0 Å². The van der Waals surface area contributed by atoms with Gasteiger partial charge in [0.25, 0.3) is 0 Å². The zero-order valence-corrected chi connectivity index (χ0v) is 23.4. The quantitative estimate of drug-likeness (QED) is 0.260. The summed E-state index contributed by atoms with van der Waals surface area (Å²) in [7, 11) is 0. The van der Waals surface area contributed by atoms with Gasteiger partial charge in [-0.1, -0.05) is 0 Å². The van der Waals surface area contributed by atoms with E-state index in [9.17, 15) is 39.6 Å². The minimum atomic E-state index is -1.53. The largest absolute Gasteiger partial charge is 2.00 e. The van der Waals surface area contributed by atoms with Crippen molar-refractivity contribution in [2.75, 3.05) is 39.3 Å².